The van der Waals surface area contributed by atoms with Crippen molar-refractivity contribution in [3.63, 3.8) is 0 Å². The number of ether oxygens (including phenoxy) is 2. The zero-order valence-corrected chi connectivity index (χ0v) is 19.0. The second kappa shape index (κ2) is 10.5. The van der Waals surface area contributed by atoms with Gasteiger partial charge in [-0.3, -0.25) is 9.59 Å². The van der Waals surface area contributed by atoms with Crippen LogP contribution in [-0.2, 0) is 24.3 Å². The van der Waals surface area contributed by atoms with Crippen LogP contribution in [0.5, 0.6) is 5.75 Å². The molecule has 31 heavy (non-hydrogen) atoms. The van der Waals surface area contributed by atoms with Crippen LogP contribution >= 0.6 is 0 Å². The monoisotopic (exact) mass is 452 g/mol. The molecule has 1 aromatic carbocycles. The Morgan fingerprint density at radius 2 is 1.71 bits per heavy atom. The molecular formula is C22H32N2O6S. The zero-order valence-electron chi connectivity index (χ0n) is 18.2. The summed E-state index contributed by atoms with van der Waals surface area (Å²) in [6, 6.07) is 6.51. The van der Waals surface area contributed by atoms with Gasteiger partial charge >= 0.3 is 5.97 Å². The predicted molar refractivity (Wildman–Crippen MR) is 115 cm³/mol. The molecule has 0 radical (unpaired) electrons. The Hall–Kier alpha value is -2.13. The summed E-state index contributed by atoms with van der Waals surface area (Å²) >= 11 is 0. The minimum atomic E-state index is -3.63. The number of hydrogen-bond acceptors (Lipinski definition) is 6. The second-order valence-corrected chi connectivity index (χ2v) is 10.1. The quantitative estimate of drug-likeness (QED) is 0.608. The number of nitrogens with zero attached hydrogens (tertiary/aromatic N) is 1. The average Bonchev–Trinajstić information content (AvgIpc) is 3.27. The Morgan fingerprint density at radius 1 is 1.10 bits per heavy atom. The van der Waals surface area contributed by atoms with Crippen molar-refractivity contribution in [2.24, 2.45) is 5.92 Å². The normalized spacial score (nSPS) is 19.7. The third-order valence-corrected chi connectivity index (χ3v) is 7.84. The van der Waals surface area contributed by atoms with Gasteiger partial charge in [0.15, 0.2) is 6.10 Å². The van der Waals surface area contributed by atoms with Crippen molar-refractivity contribution >= 4 is 21.9 Å². The van der Waals surface area contributed by atoms with E-state index in [2.05, 4.69) is 5.32 Å². The van der Waals surface area contributed by atoms with Gasteiger partial charge in [-0.25, -0.2) is 8.42 Å². The van der Waals surface area contributed by atoms with Crippen LogP contribution in [0.25, 0.3) is 0 Å². The summed E-state index contributed by atoms with van der Waals surface area (Å²) in [7, 11) is -3.63. The standard InChI is InChI=1S/C22H32N2O6S/c1-3-29-19-8-10-20(11-9-19)31(27,28)24-14-12-17(13-15-24)22(26)30-16(2)21(25)23-18-6-4-5-7-18/h8-11,16-18H,3-7,12-15H2,1-2H3,(H,23,25). The average molecular weight is 453 g/mol. The topological polar surface area (TPSA) is 102 Å². The van der Waals surface area contributed by atoms with Crippen molar-refractivity contribution in [1.29, 1.82) is 0 Å². The van der Waals surface area contributed by atoms with Gasteiger partial charge in [0.1, 0.15) is 5.75 Å². The van der Waals surface area contributed by atoms with Crippen LogP contribution in [0.15, 0.2) is 29.2 Å². The van der Waals surface area contributed by atoms with Gasteiger partial charge in [-0.15, -0.1) is 0 Å². The number of rotatable bonds is 8. The molecule has 2 fully saturated rings. The molecule has 0 spiro atoms. The first-order valence-electron chi connectivity index (χ1n) is 11.0. The van der Waals surface area contributed by atoms with Crippen molar-refractivity contribution in [1.82, 2.24) is 9.62 Å². The summed E-state index contributed by atoms with van der Waals surface area (Å²) in [6.45, 7) is 4.42. The number of nitrogens with one attached hydrogen (secondary N) is 1. The van der Waals surface area contributed by atoms with Crippen LogP contribution in [0.3, 0.4) is 0 Å². The zero-order chi connectivity index (χ0) is 22.4. The van der Waals surface area contributed by atoms with Gasteiger partial charge in [0.2, 0.25) is 10.0 Å². The third kappa shape index (κ3) is 5.98. The molecule has 1 heterocycles. The van der Waals surface area contributed by atoms with E-state index in [1.54, 1.807) is 19.1 Å². The summed E-state index contributed by atoms with van der Waals surface area (Å²) < 4.78 is 37.9. The number of carbonyl (C=O) groups is 2. The van der Waals surface area contributed by atoms with E-state index in [-0.39, 0.29) is 29.9 Å². The molecule has 1 saturated carbocycles. The maximum absolute atomic E-state index is 12.9. The fourth-order valence-electron chi connectivity index (χ4n) is 4.07. The number of carbonyl (C=O) groups excluding carboxylic acids is 2. The van der Waals surface area contributed by atoms with Gasteiger partial charge in [0.05, 0.1) is 17.4 Å². The molecule has 8 nitrogen and oxygen atoms in total. The number of esters is 1. The maximum Gasteiger partial charge on any atom is 0.309 e. The Labute approximate surface area is 184 Å². The first-order chi connectivity index (χ1) is 14.8. The summed E-state index contributed by atoms with van der Waals surface area (Å²) in [4.78, 5) is 24.9. The van der Waals surface area contributed by atoms with Gasteiger partial charge in [-0.1, -0.05) is 12.8 Å². The second-order valence-electron chi connectivity index (χ2n) is 8.15. The Bertz CT molecular complexity index is 856. The highest BCUT2D eigenvalue weighted by molar-refractivity contribution is 7.89. The highest BCUT2D eigenvalue weighted by Crippen LogP contribution is 2.26. The maximum atomic E-state index is 12.9. The number of sulfonamides is 1. The fourth-order valence-corrected chi connectivity index (χ4v) is 5.54. The van der Waals surface area contributed by atoms with Gasteiger partial charge in [-0.2, -0.15) is 4.31 Å². The van der Waals surface area contributed by atoms with Crippen molar-refractivity contribution in [3.05, 3.63) is 24.3 Å². The minimum Gasteiger partial charge on any atom is -0.494 e. The van der Waals surface area contributed by atoms with E-state index in [1.807, 2.05) is 6.92 Å². The molecule has 172 valence electrons. The van der Waals surface area contributed by atoms with Gasteiger partial charge in [-0.05, 0) is 63.8 Å². The molecule has 9 heteroatoms. The van der Waals surface area contributed by atoms with Gasteiger partial charge in [0.25, 0.3) is 5.91 Å². The van der Waals surface area contributed by atoms with Crippen LogP contribution in [0.1, 0.15) is 52.4 Å². The number of piperidine rings is 1. The predicted octanol–water partition coefficient (Wildman–Crippen LogP) is 2.48. The van der Waals surface area contributed by atoms with Crippen LogP contribution < -0.4 is 10.1 Å². The summed E-state index contributed by atoms with van der Waals surface area (Å²) in [6.07, 6.45) is 4.03. The van der Waals surface area contributed by atoms with E-state index in [4.69, 9.17) is 9.47 Å². The Morgan fingerprint density at radius 3 is 2.29 bits per heavy atom. The van der Waals surface area contributed by atoms with Crippen LogP contribution in [0.4, 0.5) is 0 Å². The summed E-state index contributed by atoms with van der Waals surface area (Å²) in [5.74, 6) is -0.495. The van der Waals surface area contributed by atoms with E-state index in [0.717, 1.165) is 25.7 Å². The van der Waals surface area contributed by atoms with E-state index in [1.165, 1.54) is 16.4 Å². The lowest BCUT2D eigenvalue weighted by molar-refractivity contribution is -0.160. The van der Waals surface area contributed by atoms with Crippen LogP contribution in [0.2, 0.25) is 0 Å². The largest absolute Gasteiger partial charge is 0.494 e. The fraction of sp³-hybridized carbons (Fsp3) is 0.636. The molecule has 1 aliphatic heterocycles. The minimum absolute atomic E-state index is 0.171. The van der Waals surface area contributed by atoms with Gasteiger partial charge < -0.3 is 14.8 Å². The first-order valence-corrected chi connectivity index (χ1v) is 12.5. The SMILES string of the molecule is CCOc1ccc(S(=O)(=O)N2CCC(C(=O)OC(C)C(=O)NC3CCCC3)CC2)cc1. The van der Waals surface area contributed by atoms with Crippen molar-refractivity contribution in [2.45, 2.75) is 69.4 Å². The van der Waals surface area contributed by atoms with Crippen LogP contribution in [-0.4, -0.2) is 56.4 Å². The number of hydrogen-bond donors (Lipinski definition) is 1. The van der Waals surface area contributed by atoms with E-state index in [9.17, 15) is 18.0 Å². The van der Waals surface area contributed by atoms with E-state index in [0.29, 0.717) is 25.2 Å². The number of amides is 1. The molecule has 1 saturated heterocycles. The highest BCUT2D eigenvalue weighted by Gasteiger charge is 2.34. The molecule has 2 aliphatic rings. The number of benzene rings is 1. The highest BCUT2D eigenvalue weighted by atomic mass is 32.2. The molecule has 1 aliphatic carbocycles. The third-order valence-electron chi connectivity index (χ3n) is 5.92. The Balaban J connectivity index is 1.49. The molecule has 1 amide bonds. The lowest BCUT2D eigenvalue weighted by Crippen LogP contribution is -2.43. The van der Waals surface area contributed by atoms with Crippen molar-refractivity contribution in [2.75, 3.05) is 19.7 Å². The summed E-state index contributed by atoms with van der Waals surface area (Å²) in [5, 5.41) is 2.93. The lowest BCUT2D eigenvalue weighted by Gasteiger charge is -2.30. The van der Waals surface area contributed by atoms with E-state index >= 15 is 0 Å². The molecule has 1 aromatic rings. The molecule has 0 aromatic heterocycles. The molecular weight excluding hydrogens is 420 g/mol. The molecule has 1 N–H and O–H groups in total. The molecule has 0 bridgehead atoms. The van der Waals surface area contributed by atoms with Crippen LogP contribution in [0, 0.1) is 5.92 Å². The van der Waals surface area contributed by atoms with Crippen molar-refractivity contribution < 1.29 is 27.5 Å². The first kappa shape index (κ1) is 23.5. The molecule has 1 atom stereocenters. The summed E-state index contributed by atoms with van der Waals surface area (Å²) in [5.41, 5.74) is 0. The Kier molecular flexibility index (Phi) is 7.94. The lowest BCUT2D eigenvalue weighted by atomic mass is 9.98. The molecule has 1 unspecified atom stereocenters. The smallest absolute Gasteiger partial charge is 0.309 e. The van der Waals surface area contributed by atoms with Crippen molar-refractivity contribution in [3.8, 4) is 5.75 Å². The van der Waals surface area contributed by atoms with Gasteiger partial charge in [0, 0.05) is 19.1 Å². The van der Waals surface area contributed by atoms with E-state index < -0.39 is 28.0 Å². The molecule has 3 rings (SSSR count).